The van der Waals surface area contributed by atoms with Gasteiger partial charge in [0.25, 0.3) is 0 Å². The van der Waals surface area contributed by atoms with Crippen LogP contribution in [0.2, 0.25) is 0 Å². The molecule has 2 amide bonds. The van der Waals surface area contributed by atoms with Gasteiger partial charge in [-0.05, 0) is 49.4 Å². The first-order valence-electron chi connectivity index (χ1n) is 13.0. The molecule has 2 aliphatic heterocycles. The highest BCUT2D eigenvalue weighted by atomic mass is 16.2. The SMILES string of the molecule is O=C1C[C@@H](c2ccccc2)N2CCCN(CCCCN(C(=O)/C=C\c3ccccc3)CCCN1)C2. The van der Waals surface area contributed by atoms with Gasteiger partial charge in [0.05, 0.1) is 6.67 Å². The molecule has 2 heterocycles. The summed E-state index contributed by atoms with van der Waals surface area (Å²) in [5, 5.41) is 3.11. The standard InChI is InChI=1S/C29H38N4O2/c34-28-23-27(26-13-5-2-6-14-26)33-22-10-19-31(24-33)18-7-8-20-32(21-9-17-30-28)29(35)16-15-25-11-3-1-4-12-25/h1-6,11-16,27H,7-10,17-24H2,(H,30,34)/b16-15-/t27-/m0/s1. The van der Waals surface area contributed by atoms with Crippen molar-refractivity contribution >= 4 is 17.9 Å². The fourth-order valence-corrected chi connectivity index (χ4v) is 5.02. The van der Waals surface area contributed by atoms with Gasteiger partial charge in [-0.2, -0.15) is 0 Å². The van der Waals surface area contributed by atoms with Gasteiger partial charge in [0.15, 0.2) is 0 Å². The Morgan fingerprint density at radius 2 is 1.51 bits per heavy atom. The smallest absolute Gasteiger partial charge is 0.246 e. The van der Waals surface area contributed by atoms with E-state index < -0.39 is 0 Å². The van der Waals surface area contributed by atoms with Gasteiger partial charge in [-0.25, -0.2) is 0 Å². The van der Waals surface area contributed by atoms with Gasteiger partial charge in [0.1, 0.15) is 0 Å². The van der Waals surface area contributed by atoms with Crippen molar-refractivity contribution < 1.29 is 9.59 Å². The van der Waals surface area contributed by atoms with Crippen LogP contribution < -0.4 is 5.32 Å². The molecule has 2 saturated heterocycles. The highest BCUT2D eigenvalue weighted by molar-refractivity contribution is 5.91. The lowest BCUT2D eigenvalue weighted by Crippen LogP contribution is -2.47. The first-order chi connectivity index (χ1) is 17.2. The Balaban J connectivity index is 1.42. The summed E-state index contributed by atoms with van der Waals surface area (Å²) in [6.45, 7) is 5.98. The Morgan fingerprint density at radius 1 is 0.829 bits per heavy atom. The average Bonchev–Trinajstić information content (AvgIpc) is 2.90. The van der Waals surface area contributed by atoms with E-state index in [2.05, 4.69) is 39.4 Å². The summed E-state index contributed by atoms with van der Waals surface area (Å²) in [5.74, 6) is 0.116. The molecule has 0 saturated carbocycles. The van der Waals surface area contributed by atoms with E-state index in [4.69, 9.17) is 0 Å². The van der Waals surface area contributed by atoms with E-state index in [-0.39, 0.29) is 17.9 Å². The van der Waals surface area contributed by atoms with Crippen molar-refractivity contribution in [3.8, 4) is 0 Å². The summed E-state index contributed by atoms with van der Waals surface area (Å²) < 4.78 is 0. The third-order valence-electron chi connectivity index (χ3n) is 6.91. The van der Waals surface area contributed by atoms with Crippen molar-refractivity contribution in [1.29, 1.82) is 0 Å². The highest BCUT2D eigenvalue weighted by Gasteiger charge is 2.27. The molecule has 2 aromatic rings. The van der Waals surface area contributed by atoms with E-state index >= 15 is 0 Å². The Hall–Kier alpha value is -2.96. The van der Waals surface area contributed by atoms with Crippen molar-refractivity contribution in [3.05, 3.63) is 77.9 Å². The fraction of sp³-hybridized carbons (Fsp3) is 0.448. The van der Waals surface area contributed by atoms with Gasteiger partial charge < -0.3 is 10.2 Å². The van der Waals surface area contributed by atoms with Crippen molar-refractivity contribution in [2.75, 3.05) is 45.9 Å². The molecule has 0 radical (unpaired) electrons. The van der Waals surface area contributed by atoms with Gasteiger partial charge in [0.2, 0.25) is 11.8 Å². The number of fused-ring (bicyclic) bond motifs is 2. The van der Waals surface area contributed by atoms with Crippen molar-refractivity contribution in [3.63, 3.8) is 0 Å². The molecule has 1 N–H and O–H groups in total. The zero-order valence-corrected chi connectivity index (χ0v) is 20.6. The summed E-state index contributed by atoms with van der Waals surface area (Å²) in [4.78, 5) is 32.7. The second-order valence-electron chi connectivity index (χ2n) is 9.54. The van der Waals surface area contributed by atoms with Gasteiger partial charge >= 0.3 is 0 Å². The van der Waals surface area contributed by atoms with Crippen LogP contribution in [0.25, 0.3) is 6.08 Å². The summed E-state index contributed by atoms with van der Waals surface area (Å²) in [6, 6.07) is 20.4. The second kappa shape index (κ2) is 13.2. The molecule has 2 bridgehead atoms. The molecule has 0 spiro atoms. The maximum atomic E-state index is 12.9. The molecule has 3 atom stereocenters. The number of nitrogens with zero attached hydrogens (tertiary/aromatic N) is 3. The van der Waals surface area contributed by atoms with Crippen LogP contribution in [0.15, 0.2) is 66.7 Å². The molecule has 2 aromatic carbocycles. The van der Waals surface area contributed by atoms with Crippen LogP contribution >= 0.6 is 0 Å². The predicted molar refractivity (Wildman–Crippen MR) is 140 cm³/mol. The fourth-order valence-electron chi connectivity index (χ4n) is 5.02. The Bertz CT molecular complexity index is 963. The zero-order valence-electron chi connectivity index (χ0n) is 20.6. The first-order valence-corrected chi connectivity index (χ1v) is 13.0. The normalized spacial score (nSPS) is 24.9. The van der Waals surface area contributed by atoms with E-state index in [1.165, 1.54) is 5.56 Å². The van der Waals surface area contributed by atoms with Gasteiger partial charge in [-0.15, -0.1) is 0 Å². The number of benzene rings is 2. The largest absolute Gasteiger partial charge is 0.356 e. The number of hydrogen-bond donors (Lipinski definition) is 1. The average molecular weight is 475 g/mol. The summed E-state index contributed by atoms with van der Waals surface area (Å²) in [7, 11) is 0. The second-order valence-corrected chi connectivity index (χ2v) is 9.54. The molecule has 186 valence electrons. The van der Waals surface area contributed by atoms with Crippen LogP contribution in [0.5, 0.6) is 0 Å². The predicted octanol–water partition coefficient (Wildman–Crippen LogP) is 3.93. The van der Waals surface area contributed by atoms with Crippen molar-refractivity contribution in [2.45, 2.75) is 38.1 Å². The highest BCUT2D eigenvalue weighted by Crippen LogP contribution is 2.27. The minimum Gasteiger partial charge on any atom is -0.356 e. The van der Waals surface area contributed by atoms with Crippen molar-refractivity contribution in [2.24, 2.45) is 0 Å². The molecular formula is C29H38N4O2. The lowest BCUT2D eigenvalue weighted by Gasteiger charge is -2.40. The van der Waals surface area contributed by atoms with E-state index in [1.807, 2.05) is 47.4 Å². The van der Waals surface area contributed by atoms with Crippen LogP contribution in [0.4, 0.5) is 0 Å². The van der Waals surface area contributed by atoms with Gasteiger partial charge in [-0.3, -0.25) is 19.4 Å². The number of nitrogens with one attached hydrogen (secondary N) is 1. The number of carbonyl (C=O) groups is 2. The monoisotopic (exact) mass is 474 g/mol. The zero-order chi connectivity index (χ0) is 24.3. The summed E-state index contributed by atoms with van der Waals surface area (Å²) in [5.41, 5.74) is 2.23. The van der Waals surface area contributed by atoms with Crippen molar-refractivity contribution in [1.82, 2.24) is 20.0 Å². The number of hydrogen-bond acceptors (Lipinski definition) is 4. The molecular weight excluding hydrogens is 436 g/mol. The van der Waals surface area contributed by atoms with Crippen LogP contribution in [0.1, 0.15) is 49.3 Å². The van der Waals surface area contributed by atoms with E-state index in [9.17, 15) is 9.59 Å². The third-order valence-corrected chi connectivity index (χ3v) is 6.91. The molecule has 6 heteroatoms. The first kappa shape index (κ1) is 25.1. The Labute approximate surface area is 209 Å². The van der Waals surface area contributed by atoms with Crippen LogP contribution in [-0.4, -0.2) is 72.5 Å². The maximum absolute atomic E-state index is 12.9. The molecule has 2 fully saturated rings. The van der Waals surface area contributed by atoms with Gasteiger partial charge in [0, 0.05) is 51.3 Å². The topological polar surface area (TPSA) is 55.9 Å². The number of rotatable bonds is 3. The molecule has 0 aromatic heterocycles. The Morgan fingerprint density at radius 3 is 2.31 bits per heavy atom. The minimum atomic E-state index is 0.0396. The van der Waals surface area contributed by atoms with Crippen LogP contribution in [0, 0.1) is 0 Å². The molecule has 4 rings (SSSR count). The molecule has 0 aliphatic carbocycles. The lowest BCUT2D eigenvalue weighted by molar-refractivity contribution is -0.126. The molecule has 6 nitrogen and oxygen atoms in total. The lowest BCUT2D eigenvalue weighted by atomic mass is 10.0. The van der Waals surface area contributed by atoms with E-state index in [0.29, 0.717) is 19.5 Å². The Kier molecular flexibility index (Phi) is 9.49. The summed E-state index contributed by atoms with van der Waals surface area (Å²) in [6.07, 6.45) is 7.92. The molecule has 2 aliphatic rings. The quantitative estimate of drug-likeness (QED) is 0.685. The molecule has 2 unspecified atom stereocenters. The van der Waals surface area contributed by atoms with Gasteiger partial charge in [-0.1, -0.05) is 60.7 Å². The maximum Gasteiger partial charge on any atom is 0.246 e. The summed E-state index contributed by atoms with van der Waals surface area (Å²) >= 11 is 0. The minimum absolute atomic E-state index is 0.0396. The number of amides is 2. The van der Waals surface area contributed by atoms with E-state index in [0.717, 1.165) is 64.1 Å². The van der Waals surface area contributed by atoms with Crippen LogP contribution in [0.3, 0.4) is 0 Å². The van der Waals surface area contributed by atoms with Crippen LogP contribution in [-0.2, 0) is 9.59 Å². The third kappa shape index (κ3) is 7.77. The molecule has 35 heavy (non-hydrogen) atoms. The van der Waals surface area contributed by atoms with E-state index in [1.54, 1.807) is 6.08 Å². The number of carbonyl (C=O) groups excluding carboxylic acids is 2.